The Hall–Kier alpha value is -1.17. The lowest BCUT2D eigenvalue weighted by Crippen LogP contribution is -2.49. The molecule has 2 saturated heterocycles. The quantitative estimate of drug-likeness (QED) is 0.509. The summed E-state index contributed by atoms with van der Waals surface area (Å²) in [4.78, 5) is 0. The number of rotatable bonds is 0. The van der Waals surface area contributed by atoms with Crippen LogP contribution in [0.25, 0.3) is 0 Å². The van der Waals surface area contributed by atoms with Crippen LogP contribution in [0.3, 0.4) is 0 Å². The van der Waals surface area contributed by atoms with Gasteiger partial charge in [0, 0.05) is 12.5 Å². The molecule has 2 aliphatic heterocycles. The Kier molecular flexibility index (Phi) is 4.39. The van der Waals surface area contributed by atoms with E-state index in [1.807, 2.05) is 0 Å². The number of alkyl halides is 1. The average molecular weight is 283 g/mol. The summed E-state index contributed by atoms with van der Waals surface area (Å²) < 4.78 is 11.1. The van der Waals surface area contributed by atoms with Crippen molar-refractivity contribution in [2.75, 3.05) is 6.61 Å². The molecule has 2 rings (SSSR count). The monoisotopic (exact) mass is 282 g/mol. The highest BCUT2D eigenvalue weighted by Crippen LogP contribution is 2.42. The first-order valence-corrected chi connectivity index (χ1v) is 6.48. The molecule has 0 unspecified atom stereocenters. The van der Waals surface area contributed by atoms with Crippen molar-refractivity contribution in [3.05, 3.63) is 11.8 Å². The number of aliphatic hydroxyl groups excluding tert-OH is 2. The smallest absolute Gasteiger partial charge is 0.238 e. The maximum Gasteiger partial charge on any atom is 0.238 e. The van der Waals surface area contributed by atoms with Gasteiger partial charge in [-0.05, 0) is 25.2 Å². The van der Waals surface area contributed by atoms with Gasteiger partial charge < -0.3 is 19.7 Å². The van der Waals surface area contributed by atoms with Crippen molar-refractivity contribution in [3.63, 3.8) is 0 Å². The molecule has 5 heteroatoms. The van der Waals surface area contributed by atoms with Crippen LogP contribution in [-0.4, -0.2) is 40.2 Å². The van der Waals surface area contributed by atoms with E-state index < -0.39 is 23.4 Å². The molecule has 0 radical (unpaired) electrons. The number of aliphatic hydroxyl groups is 2. The minimum atomic E-state index is -1.16. The number of halogens is 1. The molecule has 19 heavy (non-hydrogen) atoms. The summed E-state index contributed by atoms with van der Waals surface area (Å²) in [6.07, 6.45) is 0.878. The highest BCUT2D eigenvalue weighted by atomic mass is 35.5. The van der Waals surface area contributed by atoms with Crippen molar-refractivity contribution in [1.29, 1.82) is 0 Å². The maximum atomic E-state index is 10.2. The zero-order valence-electron chi connectivity index (χ0n) is 10.5. The van der Waals surface area contributed by atoms with E-state index in [4.69, 9.17) is 21.1 Å². The molecule has 102 valence electrons. The second kappa shape index (κ2) is 5.86. The van der Waals surface area contributed by atoms with Crippen LogP contribution in [0.5, 0.6) is 0 Å². The summed E-state index contributed by atoms with van der Waals surface area (Å²) in [5.74, 6) is 9.76. The second-order valence-electron chi connectivity index (χ2n) is 4.46. The van der Waals surface area contributed by atoms with E-state index in [1.165, 1.54) is 6.08 Å². The van der Waals surface area contributed by atoms with E-state index in [9.17, 15) is 10.2 Å². The number of hydrogen-bond acceptors (Lipinski definition) is 4. The fourth-order valence-corrected chi connectivity index (χ4v) is 2.38. The van der Waals surface area contributed by atoms with Gasteiger partial charge in [0.15, 0.2) is 0 Å². The molecular formula is C14H15ClO4. The molecule has 1 spiro atoms. The molecule has 2 N–H and O–H groups in total. The molecular weight excluding hydrogens is 268 g/mol. The Morgan fingerprint density at radius 1 is 1.42 bits per heavy atom. The van der Waals surface area contributed by atoms with E-state index in [-0.39, 0.29) is 6.61 Å². The van der Waals surface area contributed by atoms with Crippen LogP contribution < -0.4 is 0 Å². The molecule has 0 aliphatic carbocycles. The SMILES string of the molecule is CC#CC#CC=C1O[C@@]2(CC[C@@H](O)CO2)[C@H](O)[C@H]1Cl. The summed E-state index contributed by atoms with van der Waals surface area (Å²) in [7, 11) is 0. The number of ether oxygens (including phenoxy) is 2. The summed E-state index contributed by atoms with van der Waals surface area (Å²) in [5.41, 5.74) is 0. The van der Waals surface area contributed by atoms with Crippen LogP contribution >= 0.6 is 11.6 Å². The van der Waals surface area contributed by atoms with E-state index in [0.29, 0.717) is 18.6 Å². The van der Waals surface area contributed by atoms with E-state index in [0.717, 1.165) is 0 Å². The molecule has 0 aromatic heterocycles. The van der Waals surface area contributed by atoms with Crippen LogP contribution in [0.4, 0.5) is 0 Å². The van der Waals surface area contributed by atoms with Gasteiger partial charge in [-0.2, -0.15) is 0 Å². The fourth-order valence-electron chi connectivity index (χ4n) is 2.08. The first-order valence-electron chi connectivity index (χ1n) is 6.04. The Morgan fingerprint density at radius 3 is 2.84 bits per heavy atom. The molecule has 0 saturated carbocycles. The molecule has 4 atom stereocenters. The Morgan fingerprint density at radius 2 is 2.21 bits per heavy atom. The van der Waals surface area contributed by atoms with Crippen LogP contribution in [-0.2, 0) is 9.47 Å². The van der Waals surface area contributed by atoms with Gasteiger partial charge in [-0.1, -0.05) is 11.8 Å². The minimum absolute atomic E-state index is 0.126. The third kappa shape index (κ3) is 2.88. The van der Waals surface area contributed by atoms with Gasteiger partial charge in [0.25, 0.3) is 0 Å². The largest absolute Gasteiger partial charge is 0.461 e. The molecule has 2 heterocycles. The van der Waals surface area contributed by atoms with Gasteiger partial charge >= 0.3 is 0 Å². The van der Waals surface area contributed by atoms with E-state index in [1.54, 1.807) is 6.92 Å². The topological polar surface area (TPSA) is 58.9 Å². The minimum Gasteiger partial charge on any atom is -0.461 e. The fraction of sp³-hybridized carbons (Fsp3) is 0.571. The molecule has 2 fully saturated rings. The second-order valence-corrected chi connectivity index (χ2v) is 4.93. The third-order valence-corrected chi connectivity index (χ3v) is 3.56. The van der Waals surface area contributed by atoms with Gasteiger partial charge in [-0.15, -0.1) is 11.6 Å². The van der Waals surface area contributed by atoms with Crippen LogP contribution in [0, 0.1) is 23.7 Å². The molecule has 0 bridgehead atoms. The Balaban J connectivity index is 2.14. The average Bonchev–Trinajstić information content (AvgIpc) is 2.64. The molecule has 0 aromatic carbocycles. The third-order valence-electron chi connectivity index (χ3n) is 3.11. The summed E-state index contributed by atoms with van der Waals surface area (Å²) in [5, 5.41) is 18.9. The Labute approximate surface area is 117 Å². The molecule has 0 amide bonds. The van der Waals surface area contributed by atoms with Gasteiger partial charge in [-0.3, -0.25) is 0 Å². The van der Waals surface area contributed by atoms with Crippen molar-refractivity contribution in [2.45, 2.75) is 43.1 Å². The molecule has 4 nitrogen and oxygen atoms in total. The van der Waals surface area contributed by atoms with Gasteiger partial charge in [0.05, 0.1) is 12.7 Å². The van der Waals surface area contributed by atoms with Crippen molar-refractivity contribution >= 4 is 11.6 Å². The van der Waals surface area contributed by atoms with Crippen LogP contribution in [0.1, 0.15) is 19.8 Å². The van der Waals surface area contributed by atoms with E-state index in [2.05, 4.69) is 23.7 Å². The lowest BCUT2D eigenvalue weighted by Gasteiger charge is -2.36. The van der Waals surface area contributed by atoms with Gasteiger partial charge in [-0.25, -0.2) is 0 Å². The standard InChI is InChI=1S/C14H15ClO4/c1-2-3-4-5-6-11-12(15)13(17)14(19-11)8-7-10(16)9-18-14/h6,10,12-13,16-17H,7-9H2,1H3/t10-,12+,13-,14+/m1/s1. The van der Waals surface area contributed by atoms with Crippen LogP contribution in [0.2, 0.25) is 0 Å². The lowest BCUT2D eigenvalue weighted by molar-refractivity contribution is -0.269. The predicted molar refractivity (Wildman–Crippen MR) is 70.0 cm³/mol. The van der Waals surface area contributed by atoms with Crippen molar-refractivity contribution in [1.82, 2.24) is 0 Å². The molecule has 2 aliphatic rings. The normalized spacial score (nSPS) is 39.2. The first kappa shape index (κ1) is 14.2. The summed E-state index contributed by atoms with van der Waals surface area (Å²) in [6, 6.07) is 0. The van der Waals surface area contributed by atoms with Crippen molar-refractivity contribution in [2.24, 2.45) is 0 Å². The van der Waals surface area contributed by atoms with Crippen molar-refractivity contribution < 1.29 is 19.7 Å². The Bertz CT molecular complexity index is 483. The van der Waals surface area contributed by atoms with Crippen molar-refractivity contribution in [3.8, 4) is 23.7 Å². The first-order chi connectivity index (χ1) is 9.09. The van der Waals surface area contributed by atoms with Crippen LogP contribution in [0.15, 0.2) is 11.8 Å². The number of hydrogen-bond donors (Lipinski definition) is 2. The highest BCUT2D eigenvalue weighted by molar-refractivity contribution is 6.23. The maximum absolute atomic E-state index is 10.2. The zero-order valence-corrected chi connectivity index (χ0v) is 11.3. The van der Waals surface area contributed by atoms with Gasteiger partial charge in [0.1, 0.15) is 17.2 Å². The summed E-state index contributed by atoms with van der Waals surface area (Å²) in [6.45, 7) is 1.82. The highest BCUT2D eigenvalue weighted by Gasteiger charge is 2.55. The number of allylic oxidation sites excluding steroid dienone is 1. The van der Waals surface area contributed by atoms with Gasteiger partial charge in [0.2, 0.25) is 5.79 Å². The zero-order chi connectivity index (χ0) is 13.9. The summed E-state index contributed by atoms with van der Waals surface area (Å²) >= 11 is 6.11. The lowest BCUT2D eigenvalue weighted by atomic mass is 9.98. The van der Waals surface area contributed by atoms with E-state index >= 15 is 0 Å². The molecule has 0 aromatic rings. The predicted octanol–water partition coefficient (Wildman–Crippen LogP) is 0.763.